The summed E-state index contributed by atoms with van der Waals surface area (Å²) in [5, 5.41) is -0.114. The number of ether oxygens (including phenoxy) is 3. The Morgan fingerprint density at radius 3 is 2.13 bits per heavy atom. The topological polar surface area (TPSA) is 44.8 Å². The molecular formula is C18H20O4S. The van der Waals surface area contributed by atoms with Gasteiger partial charge in [0.1, 0.15) is 0 Å². The summed E-state index contributed by atoms with van der Waals surface area (Å²) >= 11 is 1.52. The lowest BCUT2D eigenvalue weighted by molar-refractivity contribution is -0.102. The van der Waals surface area contributed by atoms with Gasteiger partial charge in [-0.3, -0.25) is 0 Å². The van der Waals surface area contributed by atoms with Crippen molar-refractivity contribution in [1.82, 2.24) is 0 Å². The maximum atomic E-state index is 12.0. The summed E-state index contributed by atoms with van der Waals surface area (Å²) in [6.45, 7) is 0. The van der Waals surface area contributed by atoms with Crippen LogP contribution in [-0.2, 0) is 14.2 Å². The number of rotatable bonds is 7. The van der Waals surface area contributed by atoms with E-state index in [0.29, 0.717) is 5.56 Å². The SMILES string of the molecule is COC(=O)c1ccccc1SC(c1ccccc1)C(OC)OC. The third-order valence-electron chi connectivity index (χ3n) is 3.39. The Kier molecular flexibility index (Phi) is 6.65. The van der Waals surface area contributed by atoms with Gasteiger partial charge in [0.15, 0.2) is 6.29 Å². The number of thioether (sulfide) groups is 1. The Morgan fingerprint density at radius 1 is 0.913 bits per heavy atom. The number of esters is 1. The molecule has 0 N–H and O–H groups in total. The average molecular weight is 332 g/mol. The van der Waals surface area contributed by atoms with E-state index in [4.69, 9.17) is 14.2 Å². The highest BCUT2D eigenvalue weighted by molar-refractivity contribution is 7.99. The molecule has 122 valence electrons. The second kappa shape index (κ2) is 8.72. The van der Waals surface area contributed by atoms with Gasteiger partial charge in [-0.05, 0) is 17.7 Å². The van der Waals surface area contributed by atoms with Crippen LogP contribution in [0.4, 0.5) is 0 Å². The molecule has 2 rings (SSSR count). The fourth-order valence-corrected chi connectivity index (χ4v) is 3.59. The predicted octanol–water partition coefficient (Wildman–Crippen LogP) is 3.93. The first kappa shape index (κ1) is 17.5. The molecule has 1 unspecified atom stereocenters. The van der Waals surface area contributed by atoms with Gasteiger partial charge >= 0.3 is 5.97 Å². The number of benzene rings is 2. The van der Waals surface area contributed by atoms with Gasteiger partial charge in [0.05, 0.1) is 17.9 Å². The maximum Gasteiger partial charge on any atom is 0.338 e. The molecule has 0 aliphatic heterocycles. The van der Waals surface area contributed by atoms with Crippen molar-refractivity contribution in [2.75, 3.05) is 21.3 Å². The van der Waals surface area contributed by atoms with Crippen LogP contribution in [-0.4, -0.2) is 33.6 Å². The lowest BCUT2D eigenvalue weighted by atomic mass is 10.1. The summed E-state index contributed by atoms with van der Waals surface area (Å²) in [6, 6.07) is 17.3. The lowest BCUT2D eigenvalue weighted by Gasteiger charge is -2.25. The average Bonchev–Trinajstić information content (AvgIpc) is 2.62. The highest BCUT2D eigenvalue weighted by atomic mass is 32.2. The summed E-state index contributed by atoms with van der Waals surface area (Å²) in [6.07, 6.45) is -0.437. The molecule has 23 heavy (non-hydrogen) atoms. The van der Waals surface area contributed by atoms with Crippen LogP contribution in [0.3, 0.4) is 0 Å². The van der Waals surface area contributed by atoms with E-state index in [1.807, 2.05) is 48.5 Å². The first-order valence-corrected chi connectivity index (χ1v) is 8.03. The van der Waals surface area contributed by atoms with E-state index < -0.39 is 6.29 Å². The zero-order valence-electron chi connectivity index (χ0n) is 13.4. The molecule has 0 heterocycles. The van der Waals surface area contributed by atoms with Crippen LogP contribution in [0.5, 0.6) is 0 Å². The Morgan fingerprint density at radius 2 is 1.52 bits per heavy atom. The molecule has 0 aromatic heterocycles. The van der Waals surface area contributed by atoms with Crippen molar-refractivity contribution < 1.29 is 19.0 Å². The molecule has 0 spiro atoms. The largest absolute Gasteiger partial charge is 0.465 e. The van der Waals surface area contributed by atoms with Gasteiger partial charge < -0.3 is 14.2 Å². The summed E-state index contributed by atoms with van der Waals surface area (Å²) < 4.78 is 15.8. The van der Waals surface area contributed by atoms with Gasteiger partial charge in [-0.25, -0.2) is 4.79 Å². The van der Waals surface area contributed by atoms with Crippen LogP contribution >= 0.6 is 11.8 Å². The normalized spacial score (nSPS) is 12.2. The molecular weight excluding hydrogens is 312 g/mol. The summed E-state index contributed by atoms with van der Waals surface area (Å²) in [5.74, 6) is -0.355. The van der Waals surface area contributed by atoms with Gasteiger partial charge in [-0.1, -0.05) is 42.5 Å². The van der Waals surface area contributed by atoms with E-state index >= 15 is 0 Å². The van der Waals surface area contributed by atoms with Gasteiger partial charge in [0.25, 0.3) is 0 Å². The first-order chi connectivity index (χ1) is 11.2. The first-order valence-electron chi connectivity index (χ1n) is 7.15. The molecule has 4 nitrogen and oxygen atoms in total. The van der Waals surface area contributed by atoms with Crippen molar-refractivity contribution in [1.29, 1.82) is 0 Å². The monoisotopic (exact) mass is 332 g/mol. The minimum atomic E-state index is -0.437. The van der Waals surface area contributed by atoms with E-state index in [2.05, 4.69) is 0 Å². The highest BCUT2D eigenvalue weighted by Crippen LogP contribution is 2.40. The second-order valence-corrected chi connectivity index (χ2v) is 5.96. The molecule has 5 heteroatoms. The zero-order chi connectivity index (χ0) is 16.7. The molecule has 0 aliphatic rings. The standard InChI is InChI=1S/C18H20O4S/c1-20-17(19)14-11-7-8-12-15(14)23-16(18(21-2)22-3)13-9-5-4-6-10-13/h4-12,16,18H,1-3H3. The van der Waals surface area contributed by atoms with Crippen molar-refractivity contribution in [3.63, 3.8) is 0 Å². The molecule has 2 aromatic carbocycles. The van der Waals surface area contributed by atoms with E-state index in [-0.39, 0.29) is 11.2 Å². The molecule has 0 bridgehead atoms. The maximum absolute atomic E-state index is 12.0. The fourth-order valence-electron chi connectivity index (χ4n) is 2.25. The molecule has 0 radical (unpaired) electrons. The smallest absolute Gasteiger partial charge is 0.338 e. The number of carbonyl (C=O) groups excluding carboxylic acids is 1. The van der Waals surface area contributed by atoms with E-state index in [1.54, 1.807) is 20.3 Å². The van der Waals surface area contributed by atoms with Gasteiger partial charge in [0.2, 0.25) is 0 Å². The number of hydrogen-bond acceptors (Lipinski definition) is 5. The van der Waals surface area contributed by atoms with E-state index in [1.165, 1.54) is 18.9 Å². The summed E-state index contributed by atoms with van der Waals surface area (Å²) in [7, 11) is 4.60. The highest BCUT2D eigenvalue weighted by Gasteiger charge is 2.26. The molecule has 2 aromatic rings. The molecule has 0 saturated heterocycles. The van der Waals surface area contributed by atoms with Crippen molar-refractivity contribution >= 4 is 17.7 Å². The van der Waals surface area contributed by atoms with Crippen LogP contribution in [0, 0.1) is 0 Å². The van der Waals surface area contributed by atoms with Crippen LogP contribution in [0.2, 0.25) is 0 Å². The van der Waals surface area contributed by atoms with E-state index in [9.17, 15) is 4.79 Å². The molecule has 0 fully saturated rings. The number of carbonyl (C=O) groups is 1. The zero-order valence-corrected chi connectivity index (χ0v) is 14.2. The fraction of sp³-hybridized carbons (Fsp3) is 0.278. The Bertz CT molecular complexity index is 626. The van der Waals surface area contributed by atoms with Crippen molar-refractivity contribution in [3.05, 3.63) is 65.7 Å². The minimum absolute atomic E-state index is 0.114. The number of methoxy groups -OCH3 is 3. The predicted molar refractivity (Wildman–Crippen MR) is 90.6 cm³/mol. The summed E-state index contributed by atoms with van der Waals surface area (Å²) in [4.78, 5) is 12.8. The van der Waals surface area contributed by atoms with Crippen LogP contribution in [0.15, 0.2) is 59.5 Å². The molecule has 0 saturated carbocycles. The van der Waals surface area contributed by atoms with Crippen molar-refractivity contribution in [2.24, 2.45) is 0 Å². The molecule has 1 atom stereocenters. The summed E-state index contributed by atoms with van der Waals surface area (Å²) in [5.41, 5.74) is 1.60. The molecule has 0 amide bonds. The third-order valence-corrected chi connectivity index (χ3v) is 4.74. The Labute approximate surface area is 140 Å². The third kappa shape index (κ3) is 4.34. The molecule has 0 aliphatic carbocycles. The van der Waals surface area contributed by atoms with Crippen LogP contribution in [0.1, 0.15) is 21.2 Å². The van der Waals surface area contributed by atoms with Gasteiger partial charge in [-0.15, -0.1) is 11.8 Å². The second-order valence-electron chi connectivity index (χ2n) is 4.78. The van der Waals surface area contributed by atoms with Crippen LogP contribution in [0.25, 0.3) is 0 Å². The lowest BCUT2D eigenvalue weighted by Crippen LogP contribution is -2.21. The van der Waals surface area contributed by atoms with Crippen LogP contribution < -0.4 is 0 Å². The Hall–Kier alpha value is -1.82. The van der Waals surface area contributed by atoms with Gasteiger partial charge in [0, 0.05) is 19.1 Å². The van der Waals surface area contributed by atoms with Gasteiger partial charge in [-0.2, -0.15) is 0 Å². The van der Waals surface area contributed by atoms with E-state index in [0.717, 1.165) is 10.5 Å². The van der Waals surface area contributed by atoms with Crippen molar-refractivity contribution in [3.8, 4) is 0 Å². The quantitative estimate of drug-likeness (QED) is 0.437. The number of hydrogen-bond donors (Lipinski definition) is 0. The minimum Gasteiger partial charge on any atom is -0.465 e. The Balaban J connectivity index is 2.37. The van der Waals surface area contributed by atoms with Crippen molar-refractivity contribution in [2.45, 2.75) is 16.4 Å².